The molecule has 0 aliphatic carbocycles. The van der Waals surface area contributed by atoms with Crippen LogP contribution in [0.1, 0.15) is 30.1 Å². The van der Waals surface area contributed by atoms with E-state index in [1.165, 1.54) is 5.69 Å². The topological polar surface area (TPSA) is 51.7 Å². The Bertz CT molecular complexity index is 821. The number of piperazine rings is 1. The van der Waals surface area contributed by atoms with E-state index in [2.05, 4.69) is 58.3 Å². The van der Waals surface area contributed by atoms with Crippen LogP contribution in [0.25, 0.3) is 0 Å². The fourth-order valence-corrected chi connectivity index (χ4v) is 3.99. The van der Waals surface area contributed by atoms with Crippen LogP contribution in [0.5, 0.6) is 0 Å². The van der Waals surface area contributed by atoms with Gasteiger partial charge in [0.25, 0.3) is 5.91 Å². The van der Waals surface area contributed by atoms with Crippen molar-refractivity contribution in [3.8, 4) is 0 Å². The van der Waals surface area contributed by atoms with Crippen LogP contribution in [-0.4, -0.2) is 67.0 Å². The minimum absolute atomic E-state index is 0.104. The Hall–Kier alpha value is -2.60. The first-order valence-electron chi connectivity index (χ1n) is 10.6. The molecule has 1 amide bonds. The van der Waals surface area contributed by atoms with Crippen LogP contribution in [0, 0.1) is 5.92 Å². The Kier molecular flexibility index (Phi) is 6.00. The zero-order valence-electron chi connectivity index (χ0n) is 17.5. The summed E-state index contributed by atoms with van der Waals surface area (Å²) in [7, 11) is 2.17. The van der Waals surface area contributed by atoms with Gasteiger partial charge in [0.15, 0.2) is 0 Å². The van der Waals surface area contributed by atoms with Gasteiger partial charge in [-0.1, -0.05) is 6.92 Å². The number of piperidine rings is 1. The van der Waals surface area contributed by atoms with Crippen LogP contribution < -0.4 is 10.2 Å². The van der Waals surface area contributed by atoms with Crippen molar-refractivity contribution in [1.29, 1.82) is 0 Å². The van der Waals surface area contributed by atoms with Gasteiger partial charge >= 0.3 is 0 Å². The van der Waals surface area contributed by atoms with Crippen molar-refractivity contribution in [3.05, 3.63) is 48.2 Å². The molecule has 4 rings (SSSR count). The maximum absolute atomic E-state index is 12.8. The molecule has 2 aliphatic heterocycles. The quantitative estimate of drug-likeness (QED) is 0.862. The monoisotopic (exact) mass is 393 g/mol. The number of anilines is 3. The van der Waals surface area contributed by atoms with Gasteiger partial charge in [0, 0.05) is 62.4 Å². The third kappa shape index (κ3) is 4.88. The van der Waals surface area contributed by atoms with Gasteiger partial charge in [-0.3, -0.25) is 4.79 Å². The summed E-state index contributed by atoms with van der Waals surface area (Å²) < 4.78 is 0. The number of carbonyl (C=O) groups excluding carboxylic acids is 1. The Morgan fingerprint density at radius 1 is 1.00 bits per heavy atom. The molecule has 0 bridgehead atoms. The highest BCUT2D eigenvalue weighted by atomic mass is 16.2. The summed E-state index contributed by atoms with van der Waals surface area (Å²) in [5, 5.41) is 3.34. The van der Waals surface area contributed by atoms with E-state index in [9.17, 15) is 4.79 Å². The highest BCUT2D eigenvalue weighted by Gasteiger charge is 2.21. The van der Waals surface area contributed by atoms with Gasteiger partial charge < -0.3 is 20.0 Å². The second-order valence-corrected chi connectivity index (χ2v) is 8.37. The maximum Gasteiger partial charge on any atom is 0.254 e. The van der Waals surface area contributed by atoms with Crippen LogP contribution in [0.3, 0.4) is 0 Å². The molecule has 6 nitrogen and oxygen atoms in total. The van der Waals surface area contributed by atoms with E-state index in [-0.39, 0.29) is 5.91 Å². The predicted octanol–water partition coefficient (Wildman–Crippen LogP) is 3.45. The zero-order chi connectivity index (χ0) is 20.2. The van der Waals surface area contributed by atoms with E-state index in [0.29, 0.717) is 17.3 Å². The number of benzene rings is 1. The van der Waals surface area contributed by atoms with Crippen LogP contribution >= 0.6 is 0 Å². The predicted molar refractivity (Wildman–Crippen MR) is 118 cm³/mol. The Morgan fingerprint density at radius 2 is 1.69 bits per heavy atom. The number of nitrogens with one attached hydrogen (secondary N) is 1. The molecule has 2 fully saturated rings. The lowest BCUT2D eigenvalue weighted by Crippen LogP contribution is -2.44. The first kappa shape index (κ1) is 19.7. The number of carbonyl (C=O) groups is 1. The summed E-state index contributed by atoms with van der Waals surface area (Å²) in [6.45, 7) is 8.26. The summed E-state index contributed by atoms with van der Waals surface area (Å²) in [5.41, 5.74) is 2.93. The number of hydrogen-bond donors (Lipinski definition) is 1. The lowest BCUT2D eigenvalue weighted by atomic mass is 9.99. The summed E-state index contributed by atoms with van der Waals surface area (Å²) in [6, 6.07) is 12.1. The van der Waals surface area contributed by atoms with Crippen molar-refractivity contribution >= 4 is 23.1 Å². The molecule has 2 aromatic rings. The van der Waals surface area contributed by atoms with Crippen molar-refractivity contribution in [2.24, 2.45) is 5.92 Å². The smallest absolute Gasteiger partial charge is 0.254 e. The number of nitrogens with zero attached hydrogens (tertiary/aromatic N) is 4. The number of likely N-dealkylation sites (N-methyl/N-ethyl adjacent to an activating group) is 1. The van der Waals surface area contributed by atoms with Crippen LogP contribution in [0.2, 0.25) is 0 Å². The Labute approximate surface area is 173 Å². The van der Waals surface area contributed by atoms with E-state index < -0.39 is 0 Å². The van der Waals surface area contributed by atoms with Gasteiger partial charge in [-0.15, -0.1) is 0 Å². The average molecular weight is 394 g/mol. The molecule has 154 valence electrons. The number of likely N-dealkylation sites (tertiary alicyclic amines) is 1. The van der Waals surface area contributed by atoms with Crippen molar-refractivity contribution in [3.63, 3.8) is 0 Å². The Morgan fingerprint density at radius 3 is 2.38 bits per heavy atom. The van der Waals surface area contributed by atoms with E-state index in [1.54, 1.807) is 6.20 Å². The SMILES string of the molecule is CC1CCN(C(=O)c2ccnc(Nc3ccc(N4CCN(C)CC4)cc3)c2)CC1. The zero-order valence-corrected chi connectivity index (χ0v) is 17.5. The summed E-state index contributed by atoms with van der Waals surface area (Å²) >= 11 is 0. The molecule has 6 heteroatoms. The van der Waals surface area contributed by atoms with Crippen molar-refractivity contribution in [2.45, 2.75) is 19.8 Å². The standard InChI is InChI=1S/C23H31N5O/c1-18-8-11-28(12-9-18)23(29)19-7-10-24-22(17-19)25-20-3-5-21(6-4-20)27-15-13-26(2)14-16-27/h3-7,10,17-18H,8-9,11-16H2,1-2H3,(H,24,25). The molecule has 0 unspecified atom stereocenters. The second kappa shape index (κ2) is 8.82. The molecule has 1 aromatic carbocycles. The van der Waals surface area contributed by atoms with Gasteiger partial charge in [-0.25, -0.2) is 4.98 Å². The van der Waals surface area contributed by atoms with Gasteiger partial charge in [-0.05, 0) is 62.2 Å². The number of pyridine rings is 1. The molecule has 29 heavy (non-hydrogen) atoms. The number of rotatable bonds is 4. The molecule has 2 aliphatic rings. The Balaban J connectivity index is 1.39. The summed E-state index contributed by atoms with van der Waals surface area (Å²) in [5.74, 6) is 1.52. The molecule has 0 saturated carbocycles. The number of amides is 1. The minimum atomic E-state index is 0.104. The highest BCUT2D eigenvalue weighted by molar-refractivity contribution is 5.95. The van der Waals surface area contributed by atoms with Gasteiger partial charge in [0.05, 0.1) is 0 Å². The minimum Gasteiger partial charge on any atom is -0.369 e. The van der Waals surface area contributed by atoms with Crippen LogP contribution in [0.15, 0.2) is 42.6 Å². The van der Waals surface area contributed by atoms with Gasteiger partial charge in [0.2, 0.25) is 0 Å². The molecule has 0 atom stereocenters. The van der Waals surface area contributed by atoms with Crippen molar-refractivity contribution in [1.82, 2.24) is 14.8 Å². The molecule has 3 heterocycles. The molecule has 1 N–H and O–H groups in total. The number of aromatic nitrogens is 1. The van der Waals surface area contributed by atoms with Crippen molar-refractivity contribution < 1.29 is 4.79 Å². The maximum atomic E-state index is 12.8. The molecule has 0 radical (unpaired) electrons. The van der Waals surface area contributed by atoms with Crippen LogP contribution in [-0.2, 0) is 0 Å². The summed E-state index contributed by atoms with van der Waals surface area (Å²) in [4.78, 5) is 24.0. The third-order valence-corrected chi connectivity index (χ3v) is 6.09. The molecule has 2 saturated heterocycles. The van der Waals surface area contributed by atoms with Gasteiger partial charge in [-0.2, -0.15) is 0 Å². The van der Waals surface area contributed by atoms with Crippen molar-refractivity contribution in [2.75, 3.05) is 56.5 Å². The second-order valence-electron chi connectivity index (χ2n) is 8.37. The third-order valence-electron chi connectivity index (χ3n) is 6.09. The van der Waals surface area contributed by atoms with E-state index in [0.717, 1.165) is 57.8 Å². The van der Waals surface area contributed by atoms with E-state index in [4.69, 9.17) is 0 Å². The average Bonchev–Trinajstić information content (AvgIpc) is 2.75. The van der Waals surface area contributed by atoms with E-state index in [1.807, 2.05) is 17.0 Å². The lowest BCUT2D eigenvalue weighted by Gasteiger charge is -2.34. The first-order chi connectivity index (χ1) is 14.1. The molecular formula is C23H31N5O. The van der Waals surface area contributed by atoms with Crippen LogP contribution in [0.4, 0.5) is 17.2 Å². The normalized spacial score (nSPS) is 18.7. The largest absolute Gasteiger partial charge is 0.369 e. The van der Waals surface area contributed by atoms with E-state index >= 15 is 0 Å². The number of hydrogen-bond acceptors (Lipinski definition) is 5. The fraction of sp³-hybridized carbons (Fsp3) is 0.478. The molecule has 1 aromatic heterocycles. The molecule has 0 spiro atoms. The first-order valence-corrected chi connectivity index (χ1v) is 10.6. The summed E-state index contributed by atoms with van der Waals surface area (Å²) in [6.07, 6.45) is 3.88. The lowest BCUT2D eigenvalue weighted by molar-refractivity contribution is 0.0697. The van der Waals surface area contributed by atoms with Gasteiger partial charge in [0.1, 0.15) is 5.82 Å². The highest BCUT2D eigenvalue weighted by Crippen LogP contribution is 2.23. The molecular weight excluding hydrogens is 362 g/mol. The fourth-order valence-electron chi connectivity index (χ4n) is 3.99.